The predicted molar refractivity (Wildman–Crippen MR) is 144 cm³/mol. The lowest BCUT2D eigenvalue weighted by Crippen LogP contribution is -2.54. The van der Waals surface area contributed by atoms with Gasteiger partial charge in [-0.15, -0.1) is 0 Å². The lowest BCUT2D eigenvalue weighted by molar-refractivity contribution is -0.288. The number of carbonyl (C=O) groups excluding carboxylic acids is 2. The molecule has 41 heavy (non-hydrogen) atoms. The number of halogens is 6. The Morgan fingerprint density at radius 3 is 1.51 bits per heavy atom. The first-order valence-electron chi connectivity index (χ1n) is 14.1. The van der Waals surface area contributed by atoms with Crippen molar-refractivity contribution < 1.29 is 45.4 Å². The van der Waals surface area contributed by atoms with E-state index < -0.39 is 46.4 Å². The summed E-state index contributed by atoms with van der Waals surface area (Å²) in [4.78, 5) is 24.8. The number of esters is 2. The molecule has 0 atom stereocenters. The normalized spacial score (nSPS) is 12.3. The van der Waals surface area contributed by atoms with Crippen molar-refractivity contribution in [3.05, 3.63) is 70.8 Å². The van der Waals surface area contributed by atoms with Gasteiger partial charge in [0.1, 0.15) is 0 Å². The van der Waals surface area contributed by atoms with Crippen LogP contribution < -0.4 is 0 Å². The van der Waals surface area contributed by atoms with Crippen LogP contribution in [0.5, 0.6) is 0 Å². The number of carbonyl (C=O) groups is 2. The predicted octanol–water partition coefficient (Wildman–Crippen LogP) is 9.35. The summed E-state index contributed by atoms with van der Waals surface area (Å²) in [7, 11) is 0. The molecule has 0 heterocycles. The molecule has 0 aromatic heterocycles. The van der Waals surface area contributed by atoms with Crippen LogP contribution in [0, 0.1) is 0 Å². The fourth-order valence-electron chi connectivity index (χ4n) is 4.63. The van der Waals surface area contributed by atoms with E-state index in [0.29, 0.717) is 37.1 Å². The van der Waals surface area contributed by atoms with E-state index in [0.717, 1.165) is 75.6 Å². The van der Waals surface area contributed by atoms with E-state index in [1.54, 1.807) is 0 Å². The molecule has 10 heteroatoms. The van der Waals surface area contributed by atoms with Crippen LogP contribution >= 0.6 is 0 Å². The SMILES string of the molecule is CCCCCCCOC(=O)c1ccc(C(c2cccc(C(=O)OCCCCCCC)c2)(C(F)(F)F)C(F)(F)F)cc1. The van der Waals surface area contributed by atoms with E-state index in [4.69, 9.17) is 9.47 Å². The summed E-state index contributed by atoms with van der Waals surface area (Å²) < 4.78 is 97.5. The standard InChI is InChI=1S/C31H38F6O4/c1-3-5-7-9-11-20-40-27(38)23-16-18-25(19-17-23)29(30(32,33)34,31(35,36)37)26-15-13-14-24(22-26)28(39)41-21-12-10-8-6-4-2/h13-19,22H,3-12,20-21H2,1-2H3. The van der Waals surface area contributed by atoms with Crippen LogP contribution in [0.25, 0.3) is 0 Å². The number of unbranched alkanes of at least 4 members (excludes halogenated alkanes) is 8. The summed E-state index contributed by atoms with van der Waals surface area (Å²) in [5.41, 5.74) is -7.38. The third-order valence-electron chi connectivity index (χ3n) is 6.90. The van der Waals surface area contributed by atoms with Gasteiger partial charge in [0.25, 0.3) is 0 Å². The Balaban J connectivity index is 2.33. The Morgan fingerprint density at radius 2 is 1.05 bits per heavy atom. The summed E-state index contributed by atoms with van der Waals surface area (Å²) in [6, 6.07) is 6.35. The average Bonchev–Trinajstić information content (AvgIpc) is 2.91. The van der Waals surface area contributed by atoms with Crippen molar-refractivity contribution in [3.8, 4) is 0 Å². The summed E-state index contributed by atoms with van der Waals surface area (Å²) in [5, 5.41) is 0. The van der Waals surface area contributed by atoms with Gasteiger partial charge in [-0.05, 0) is 48.2 Å². The zero-order chi connectivity index (χ0) is 30.5. The van der Waals surface area contributed by atoms with Crippen LogP contribution in [0.4, 0.5) is 26.3 Å². The van der Waals surface area contributed by atoms with Gasteiger partial charge in [0, 0.05) is 0 Å². The Labute approximate surface area is 237 Å². The van der Waals surface area contributed by atoms with Gasteiger partial charge < -0.3 is 9.47 Å². The molecule has 0 amide bonds. The van der Waals surface area contributed by atoms with Crippen LogP contribution in [-0.2, 0) is 14.9 Å². The number of benzene rings is 2. The highest BCUT2D eigenvalue weighted by atomic mass is 19.4. The topological polar surface area (TPSA) is 52.6 Å². The van der Waals surface area contributed by atoms with Gasteiger partial charge in [-0.3, -0.25) is 0 Å². The highest BCUT2D eigenvalue weighted by Gasteiger charge is 2.72. The van der Waals surface area contributed by atoms with Gasteiger partial charge in [-0.25, -0.2) is 9.59 Å². The second-order valence-corrected chi connectivity index (χ2v) is 10.0. The maximum atomic E-state index is 14.6. The van der Waals surface area contributed by atoms with Crippen LogP contribution in [0.3, 0.4) is 0 Å². The van der Waals surface area contributed by atoms with Crippen LogP contribution in [0.2, 0.25) is 0 Å². The minimum absolute atomic E-state index is 0.00671. The van der Waals surface area contributed by atoms with E-state index in [2.05, 4.69) is 6.92 Å². The van der Waals surface area contributed by atoms with Crippen LogP contribution in [0.1, 0.15) is 110 Å². The minimum Gasteiger partial charge on any atom is -0.462 e. The highest BCUT2D eigenvalue weighted by molar-refractivity contribution is 5.90. The Morgan fingerprint density at radius 1 is 0.585 bits per heavy atom. The molecule has 0 saturated carbocycles. The molecule has 0 aliphatic rings. The van der Waals surface area contributed by atoms with Crippen molar-refractivity contribution in [2.45, 2.75) is 95.8 Å². The first-order chi connectivity index (χ1) is 19.4. The van der Waals surface area contributed by atoms with Crippen molar-refractivity contribution >= 4 is 11.9 Å². The quantitative estimate of drug-likeness (QED) is 0.111. The molecule has 0 radical (unpaired) electrons. The molecule has 0 bridgehead atoms. The first-order valence-corrected chi connectivity index (χ1v) is 14.1. The maximum absolute atomic E-state index is 14.6. The molecular formula is C31H38F6O4. The van der Waals surface area contributed by atoms with Crippen LogP contribution in [0.15, 0.2) is 48.5 Å². The van der Waals surface area contributed by atoms with Crippen molar-refractivity contribution in [2.24, 2.45) is 0 Å². The molecule has 0 aliphatic heterocycles. The minimum atomic E-state index is -5.84. The van der Waals surface area contributed by atoms with Crippen molar-refractivity contribution in [2.75, 3.05) is 13.2 Å². The Kier molecular flexibility index (Phi) is 13.2. The molecule has 0 spiro atoms. The zero-order valence-corrected chi connectivity index (χ0v) is 23.5. The van der Waals surface area contributed by atoms with Crippen molar-refractivity contribution in [1.29, 1.82) is 0 Å². The molecule has 0 saturated heterocycles. The van der Waals surface area contributed by atoms with Crippen molar-refractivity contribution in [3.63, 3.8) is 0 Å². The summed E-state index contributed by atoms with van der Waals surface area (Å²) in [5.74, 6) is -1.84. The smallest absolute Gasteiger partial charge is 0.411 e. The fraction of sp³-hybridized carbons (Fsp3) is 0.548. The van der Waals surface area contributed by atoms with Gasteiger partial charge in [-0.2, -0.15) is 26.3 Å². The van der Waals surface area contributed by atoms with E-state index in [-0.39, 0.29) is 18.8 Å². The Hall–Kier alpha value is -3.04. The molecule has 0 unspecified atom stereocenters. The third kappa shape index (κ3) is 8.97. The lowest BCUT2D eigenvalue weighted by atomic mass is 9.72. The molecule has 0 aliphatic carbocycles. The number of ether oxygens (including phenoxy) is 2. The number of rotatable bonds is 16. The van der Waals surface area contributed by atoms with Crippen molar-refractivity contribution in [1.82, 2.24) is 0 Å². The van der Waals surface area contributed by atoms with E-state index in [1.165, 1.54) is 0 Å². The molecule has 2 aromatic carbocycles. The molecule has 0 fully saturated rings. The van der Waals surface area contributed by atoms with E-state index >= 15 is 0 Å². The molecular weight excluding hydrogens is 550 g/mol. The van der Waals surface area contributed by atoms with Gasteiger partial charge in [0.15, 0.2) is 0 Å². The number of alkyl halides is 6. The highest BCUT2D eigenvalue weighted by Crippen LogP contribution is 2.56. The second-order valence-electron chi connectivity index (χ2n) is 10.0. The van der Waals surface area contributed by atoms with E-state index in [1.807, 2.05) is 6.92 Å². The summed E-state index contributed by atoms with van der Waals surface area (Å²) in [6.45, 7) is 4.19. The molecule has 228 valence electrons. The second kappa shape index (κ2) is 15.8. The largest absolute Gasteiger partial charge is 0.462 e. The maximum Gasteiger partial charge on any atom is 0.411 e. The van der Waals surface area contributed by atoms with Gasteiger partial charge >= 0.3 is 24.3 Å². The monoisotopic (exact) mass is 588 g/mol. The third-order valence-corrected chi connectivity index (χ3v) is 6.90. The average molecular weight is 589 g/mol. The zero-order valence-electron chi connectivity index (χ0n) is 23.5. The number of hydrogen-bond acceptors (Lipinski definition) is 4. The Bertz CT molecular complexity index is 1080. The molecule has 0 N–H and O–H groups in total. The first kappa shape index (κ1) is 34.2. The van der Waals surface area contributed by atoms with Gasteiger partial charge in [0.2, 0.25) is 5.41 Å². The van der Waals surface area contributed by atoms with Crippen LogP contribution in [-0.4, -0.2) is 37.5 Å². The molecule has 2 aromatic rings. The summed E-state index contributed by atoms with van der Waals surface area (Å²) in [6.07, 6.45) is -2.92. The fourth-order valence-corrected chi connectivity index (χ4v) is 4.63. The molecule has 2 rings (SSSR count). The lowest BCUT2D eigenvalue weighted by Gasteiger charge is -2.38. The van der Waals surface area contributed by atoms with E-state index in [9.17, 15) is 35.9 Å². The van der Waals surface area contributed by atoms with Gasteiger partial charge in [-0.1, -0.05) is 89.5 Å². The van der Waals surface area contributed by atoms with Gasteiger partial charge in [0.05, 0.1) is 24.3 Å². The number of hydrogen-bond donors (Lipinski definition) is 0. The molecule has 4 nitrogen and oxygen atoms in total. The summed E-state index contributed by atoms with van der Waals surface area (Å²) >= 11 is 0.